The monoisotopic (exact) mass is 239 g/mol. The van der Waals surface area contributed by atoms with Crippen LogP contribution >= 0.6 is 0 Å². The SMILES string of the molecule is O=C1C(=C2C=CC=CN2O)N=Nc2ccccc21. The molecule has 0 amide bonds. The summed E-state index contributed by atoms with van der Waals surface area (Å²) < 4.78 is 0. The number of Topliss-reactive ketones (excluding diaryl/α,β-unsaturated/α-hetero) is 1. The van der Waals surface area contributed by atoms with Crippen LogP contribution in [0.15, 0.2) is 70.3 Å². The number of carbonyl (C=O) groups excluding carboxylic acids is 1. The van der Waals surface area contributed by atoms with Crippen molar-refractivity contribution >= 4 is 11.5 Å². The summed E-state index contributed by atoms with van der Waals surface area (Å²) in [5, 5.41) is 18.4. The van der Waals surface area contributed by atoms with Crippen LogP contribution in [0.1, 0.15) is 10.4 Å². The second-order valence-electron chi connectivity index (χ2n) is 3.83. The third-order valence-electron chi connectivity index (χ3n) is 2.70. The molecule has 5 nitrogen and oxygen atoms in total. The highest BCUT2D eigenvalue weighted by molar-refractivity contribution is 6.12. The molecule has 2 aliphatic heterocycles. The van der Waals surface area contributed by atoms with E-state index in [1.54, 1.807) is 42.5 Å². The Hall–Kier alpha value is -2.53. The van der Waals surface area contributed by atoms with Gasteiger partial charge in [0.1, 0.15) is 5.70 Å². The number of azo groups is 1. The first-order chi connectivity index (χ1) is 8.77. The molecule has 0 unspecified atom stereocenters. The number of allylic oxidation sites excluding steroid dienone is 4. The molecule has 18 heavy (non-hydrogen) atoms. The fourth-order valence-corrected chi connectivity index (χ4v) is 1.82. The predicted octanol–water partition coefficient (Wildman–Crippen LogP) is 2.95. The van der Waals surface area contributed by atoms with Crippen molar-refractivity contribution < 1.29 is 10.0 Å². The quantitative estimate of drug-likeness (QED) is 0.708. The van der Waals surface area contributed by atoms with E-state index in [9.17, 15) is 10.0 Å². The van der Waals surface area contributed by atoms with Crippen LogP contribution in [0.25, 0.3) is 0 Å². The number of hydrogen-bond acceptors (Lipinski definition) is 5. The first-order valence-electron chi connectivity index (χ1n) is 5.40. The van der Waals surface area contributed by atoms with E-state index < -0.39 is 0 Å². The topological polar surface area (TPSA) is 65.3 Å². The Morgan fingerprint density at radius 2 is 1.94 bits per heavy atom. The van der Waals surface area contributed by atoms with Gasteiger partial charge in [-0.2, -0.15) is 0 Å². The molecule has 88 valence electrons. The highest BCUT2D eigenvalue weighted by Crippen LogP contribution is 2.30. The van der Waals surface area contributed by atoms with Gasteiger partial charge in [-0.3, -0.25) is 10.0 Å². The van der Waals surface area contributed by atoms with Crippen molar-refractivity contribution in [2.75, 3.05) is 0 Å². The maximum atomic E-state index is 12.3. The molecule has 1 aromatic carbocycles. The van der Waals surface area contributed by atoms with Crippen molar-refractivity contribution in [3.05, 3.63) is 65.7 Å². The van der Waals surface area contributed by atoms with Crippen LogP contribution in [0.5, 0.6) is 0 Å². The summed E-state index contributed by atoms with van der Waals surface area (Å²) in [6.07, 6.45) is 6.42. The molecule has 0 aromatic heterocycles. The van der Waals surface area contributed by atoms with Gasteiger partial charge in [-0.15, -0.1) is 10.2 Å². The first-order valence-corrected chi connectivity index (χ1v) is 5.40. The molecule has 0 saturated heterocycles. The molecule has 2 heterocycles. The van der Waals surface area contributed by atoms with Crippen molar-refractivity contribution in [2.24, 2.45) is 10.2 Å². The number of carbonyl (C=O) groups is 1. The fraction of sp³-hybridized carbons (Fsp3) is 0. The molecular weight excluding hydrogens is 230 g/mol. The van der Waals surface area contributed by atoms with Gasteiger partial charge in [0, 0.05) is 6.20 Å². The van der Waals surface area contributed by atoms with Gasteiger partial charge < -0.3 is 0 Å². The summed E-state index contributed by atoms with van der Waals surface area (Å²) in [6.45, 7) is 0. The zero-order valence-corrected chi connectivity index (χ0v) is 9.32. The van der Waals surface area contributed by atoms with Gasteiger partial charge in [-0.1, -0.05) is 18.2 Å². The van der Waals surface area contributed by atoms with Crippen molar-refractivity contribution in [3.8, 4) is 0 Å². The van der Waals surface area contributed by atoms with E-state index in [4.69, 9.17) is 0 Å². The Morgan fingerprint density at radius 1 is 1.11 bits per heavy atom. The van der Waals surface area contributed by atoms with Gasteiger partial charge >= 0.3 is 0 Å². The maximum absolute atomic E-state index is 12.3. The molecule has 5 heteroatoms. The van der Waals surface area contributed by atoms with Crippen LogP contribution in [0.3, 0.4) is 0 Å². The molecule has 0 spiro atoms. The third kappa shape index (κ3) is 1.57. The average Bonchev–Trinajstić information content (AvgIpc) is 2.41. The molecule has 1 N–H and O–H groups in total. The molecule has 0 radical (unpaired) electrons. The highest BCUT2D eigenvalue weighted by Gasteiger charge is 2.25. The average molecular weight is 239 g/mol. The van der Waals surface area contributed by atoms with Gasteiger partial charge in [0.15, 0.2) is 5.70 Å². The minimum absolute atomic E-state index is 0.136. The highest BCUT2D eigenvalue weighted by atomic mass is 16.5. The second-order valence-corrected chi connectivity index (χ2v) is 3.83. The molecular formula is C13H9N3O2. The minimum Gasteiger partial charge on any atom is -0.287 e. The number of nitrogens with zero attached hydrogens (tertiary/aromatic N) is 3. The summed E-state index contributed by atoms with van der Waals surface area (Å²) in [5.41, 5.74) is 1.50. The van der Waals surface area contributed by atoms with Crippen LogP contribution < -0.4 is 0 Å². The number of hydrogen-bond donors (Lipinski definition) is 1. The van der Waals surface area contributed by atoms with E-state index in [0.717, 1.165) is 5.06 Å². The number of ketones is 1. The number of benzene rings is 1. The van der Waals surface area contributed by atoms with E-state index in [2.05, 4.69) is 10.2 Å². The zero-order valence-electron chi connectivity index (χ0n) is 9.32. The van der Waals surface area contributed by atoms with Crippen LogP contribution in [0.2, 0.25) is 0 Å². The molecule has 1 aromatic rings. The predicted molar refractivity (Wildman–Crippen MR) is 64.2 cm³/mol. The largest absolute Gasteiger partial charge is 0.287 e. The van der Waals surface area contributed by atoms with Crippen LogP contribution in [-0.2, 0) is 0 Å². The number of fused-ring (bicyclic) bond motifs is 1. The van der Waals surface area contributed by atoms with E-state index in [1.807, 2.05) is 0 Å². The van der Waals surface area contributed by atoms with Gasteiger partial charge in [0.25, 0.3) is 0 Å². The second kappa shape index (κ2) is 4.05. The molecule has 0 fully saturated rings. The van der Waals surface area contributed by atoms with Crippen LogP contribution in [0.4, 0.5) is 5.69 Å². The van der Waals surface area contributed by atoms with Gasteiger partial charge in [0.2, 0.25) is 5.78 Å². The number of rotatable bonds is 0. The molecule has 0 atom stereocenters. The Bertz CT molecular complexity index is 641. The summed E-state index contributed by atoms with van der Waals surface area (Å²) >= 11 is 0. The summed E-state index contributed by atoms with van der Waals surface area (Å²) in [4.78, 5) is 12.3. The molecule has 2 aliphatic rings. The van der Waals surface area contributed by atoms with Gasteiger partial charge in [-0.25, -0.2) is 5.06 Å². The van der Waals surface area contributed by atoms with E-state index in [1.165, 1.54) is 6.20 Å². The van der Waals surface area contributed by atoms with E-state index >= 15 is 0 Å². The Morgan fingerprint density at radius 3 is 2.78 bits per heavy atom. The Kier molecular flexibility index (Phi) is 2.39. The fourth-order valence-electron chi connectivity index (χ4n) is 1.82. The Balaban J connectivity index is 2.14. The smallest absolute Gasteiger partial charge is 0.217 e. The molecule has 0 aliphatic carbocycles. The Labute approximate surface area is 103 Å². The lowest BCUT2D eigenvalue weighted by Crippen LogP contribution is -2.18. The summed E-state index contributed by atoms with van der Waals surface area (Å²) in [5.74, 6) is -0.241. The van der Waals surface area contributed by atoms with Crippen molar-refractivity contribution in [1.82, 2.24) is 5.06 Å². The minimum atomic E-state index is -0.241. The third-order valence-corrected chi connectivity index (χ3v) is 2.70. The molecule has 0 bridgehead atoms. The normalized spacial score (nSPS) is 21.4. The first kappa shape index (κ1) is 10.6. The van der Waals surface area contributed by atoms with Crippen LogP contribution in [-0.4, -0.2) is 16.1 Å². The standard InChI is InChI=1S/C13H9N3O2/c17-13-9-5-1-2-6-10(9)14-15-12(13)11-7-3-4-8-16(11)18/h1-8,18H. The number of hydroxylamine groups is 2. The van der Waals surface area contributed by atoms with Crippen molar-refractivity contribution in [2.45, 2.75) is 0 Å². The van der Waals surface area contributed by atoms with Gasteiger partial charge in [-0.05, 0) is 24.3 Å². The van der Waals surface area contributed by atoms with E-state index in [0.29, 0.717) is 16.9 Å². The zero-order chi connectivity index (χ0) is 12.5. The lowest BCUT2D eigenvalue weighted by molar-refractivity contribution is -0.00160. The van der Waals surface area contributed by atoms with Crippen molar-refractivity contribution in [1.29, 1.82) is 0 Å². The van der Waals surface area contributed by atoms with Gasteiger partial charge in [0.05, 0.1) is 11.3 Å². The lowest BCUT2D eigenvalue weighted by atomic mass is 10.0. The van der Waals surface area contributed by atoms with Crippen LogP contribution in [0, 0.1) is 0 Å². The lowest BCUT2D eigenvalue weighted by Gasteiger charge is -2.19. The maximum Gasteiger partial charge on any atom is 0.217 e. The summed E-state index contributed by atoms with van der Waals surface area (Å²) in [7, 11) is 0. The molecule has 3 rings (SSSR count). The van der Waals surface area contributed by atoms with E-state index in [-0.39, 0.29) is 11.5 Å². The molecule has 0 saturated carbocycles. The van der Waals surface area contributed by atoms with Crippen molar-refractivity contribution in [3.63, 3.8) is 0 Å². The summed E-state index contributed by atoms with van der Waals surface area (Å²) in [6, 6.07) is 6.99.